The third-order valence-electron chi connectivity index (χ3n) is 2.52. The van der Waals surface area contributed by atoms with Crippen LogP contribution in [0.5, 0.6) is 0 Å². The van der Waals surface area contributed by atoms with E-state index in [2.05, 4.69) is 25.9 Å². The van der Waals surface area contributed by atoms with Crippen LogP contribution in [0.25, 0.3) is 11.3 Å². The third-order valence-corrected chi connectivity index (χ3v) is 4.65. The molecule has 2 rings (SSSR count). The Morgan fingerprint density at radius 1 is 1.17 bits per heavy atom. The molecule has 1 heterocycles. The van der Waals surface area contributed by atoms with Crippen LogP contribution < -0.4 is 0 Å². The number of sulfone groups is 1. The van der Waals surface area contributed by atoms with Gasteiger partial charge in [-0.05, 0) is 34.1 Å². The van der Waals surface area contributed by atoms with Gasteiger partial charge in [0.25, 0.3) is 0 Å². The first-order valence-electron chi connectivity index (χ1n) is 5.34. The Hall–Kier alpha value is -1.27. The van der Waals surface area contributed by atoms with E-state index >= 15 is 0 Å². The highest BCUT2D eigenvalue weighted by atomic mass is 79.9. The predicted octanol–water partition coefficient (Wildman–Crippen LogP) is 2.70. The second kappa shape index (κ2) is 5.16. The third kappa shape index (κ3) is 2.76. The fraction of sp³-hybridized carbons (Fsp3) is 0.167. The van der Waals surface area contributed by atoms with Crippen LogP contribution in [0.15, 0.2) is 46.2 Å². The van der Waals surface area contributed by atoms with E-state index in [0.29, 0.717) is 9.63 Å². The van der Waals surface area contributed by atoms with E-state index in [-0.39, 0.29) is 5.75 Å². The second-order valence-electron chi connectivity index (χ2n) is 3.64. The fourth-order valence-corrected chi connectivity index (χ4v) is 2.69. The summed E-state index contributed by atoms with van der Waals surface area (Å²) in [5, 5.41) is 0. The van der Waals surface area contributed by atoms with Crippen molar-refractivity contribution in [3.63, 3.8) is 0 Å². The molecule has 0 aliphatic rings. The highest BCUT2D eigenvalue weighted by Crippen LogP contribution is 2.20. The predicted molar refractivity (Wildman–Crippen MR) is 72.9 cm³/mol. The second-order valence-corrected chi connectivity index (χ2v) is 6.63. The van der Waals surface area contributed by atoms with Gasteiger partial charge in [-0.25, -0.2) is 18.4 Å². The quantitative estimate of drug-likeness (QED) is 0.813. The average Bonchev–Trinajstić information content (AvgIpc) is 2.39. The largest absolute Gasteiger partial charge is 0.231 e. The summed E-state index contributed by atoms with van der Waals surface area (Å²) in [5.41, 5.74) is 1.60. The maximum atomic E-state index is 11.7. The summed E-state index contributed by atoms with van der Waals surface area (Å²) in [5.74, 6) is 0.103. The van der Waals surface area contributed by atoms with E-state index in [1.807, 2.05) is 0 Å². The van der Waals surface area contributed by atoms with Crippen LogP contribution in [-0.2, 0) is 9.84 Å². The molecule has 4 nitrogen and oxygen atoms in total. The molecular formula is C12H11BrN2O2S. The van der Waals surface area contributed by atoms with Crippen LogP contribution in [0, 0.1) is 0 Å². The van der Waals surface area contributed by atoms with Crippen LogP contribution in [0.3, 0.4) is 0 Å². The van der Waals surface area contributed by atoms with Crippen LogP contribution in [0.4, 0.5) is 0 Å². The monoisotopic (exact) mass is 326 g/mol. The average molecular weight is 327 g/mol. The molecular weight excluding hydrogens is 316 g/mol. The van der Waals surface area contributed by atoms with Gasteiger partial charge in [0, 0.05) is 11.8 Å². The lowest BCUT2D eigenvalue weighted by atomic mass is 10.1. The minimum atomic E-state index is -3.15. The first-order chi connectivity index (χ1) is 8.53. The molecule has 0 saturated heterocycles. The zero-order chi connectivity index (χ0) is 13.2. The van der Waals surface area contributed by atoms with Gasteiger partial charge in [-0.15, -0.1) is 0 Å². The summed E-state index contributed by atoms with van der Waals surface area (Å²) in [7, 11) is -3.15. The van der Waals surface area contributed by atoms with E-state index in [0.717, 1.165) is 11.3 Å². The van der Waals surface area contributed by atoms with Gasteiger partial charge in [-0.1, -0.05) is 19.1 Å². The van der Waals surface area contributed by atoms with Crippen molar-refractivity contribution in [1.82, 2.24) is 9.97 Å². The summed E-state index contributed by atoms with van der Waals surface area (Å²) < 4.78 is 23.8. The lowest BCUT2D eigenvalue weighted by Gasteiger charge is -2.04. The SMILES string of the molecule is CCS(=O)(=O)c1ccc(-c2ccnc(Br)n2)cc1. The van der Waals surface area contributed by atoms with Crippen LogP contribution in [-0.4, -0.2) is 24.1 Å². The van der Waals surface area contributed by atoms with Crippen molar-refractivity contribution in [2.45, 2.75) is 11.8 Å². The maximum Gasteiger partial charge on any atom is 0.197 e. The molecule has 94 valence electrons. The number of hydrogen-bond donors (Lipinski definition) is 0. The van der Waals surface area contributed by atoms with Crippen molar-refractivity contribution in [3.8, 4) is 11.3 Å². The Labute approximate surface area is 114 Å². The van der Waals surface area contributed by atoms with E-state index < -0.39 is 9.84 Å². The smallest absolute Gasteiger partial charge is 0.197 e. The summed E-state index contributed by atoms with van der Waals surface area (Å²) in [4.78, 5) is 8.49. The van der Waals surface area contributed by atoms with E-state index in [4.69, 9.17) is 0 Å². The molecule has 0 aliphatic carbocycles. The molecule has 0 fully saturated rings. The Morgan fingerprint density at radius 3 is 2.39 bits per heavy atom. The number of aromatic nitrogens is 2. The topological polar surface area (TPSA) is 59.9 Å². The number of benzene rings is 1. The van der Waals surface area contributed by atoms with Gasteiger partial charge >= 0.3 is 0 Å². The van der Waals surface area contributed by atoms with Crippen LogP contribution in [0.2, 0.25) is 0 Å². The zero-order valence-electron chi connectivity index (χ0n) is 9.67. The summed E-state index contributed by atoms with van der Waals surface area (Å²) in [6, 6.07) is 8.47. The molecule has 0 radical (unpaired) electrons. The zero-order valence-corrected chi connectivity index (χ0v) is 12.1. The van der Waals surface area contributed by atoms with Crippen molar-refractivity contribution in [1.29, 1.82) is 0 Å². The number of nitrogens with zero attached hydrogens (tertiary/aromatic N) is 2. The van der Waals surface area contributed by atoms with Gasteiger partial charge in [-0.2, -0.15) is 0 Å². The number of hydrogen-bond acceptors (Lipinski definition) is 4. The highest BCUT2D eigenvalue weighted by Gasteiger charge is 2.11. The Kier molecular flexibility index (Phi) is 3.77. The van der Waals surface area contributed by atoms with Crippen molar-refractivity contribution in [3.05, 3.63) is 41.3 Å². The number of rotatable bonds is 3. The van der Waals surface area contributed by atoms with Crippen molar-refractivity contribution in [2.75, 3.05) is 5.75 Å². The summed E-state index contributed by atoms with van der Waals surface area (Å²) in [6.07, 6.45) is 1.64. The minimum Gasteiger partial charge on any atom is -0.231 e. The van der Waals surface area contributed by atoms with Gasteiger partial charge < -0.3 is 0 Å². The van der Waals surface area contributed by atoms with Gasteiger partial charge in [0.2, 0.25) is 0 Å². The number of halogens is 1. The van der Waals surface area contributed by atoms with E-state index in [1.165, 1.54) is 0 Å². The lowest BCUT2D eigenvalue weighted by molar-refractivity contribution is 0.597. The Morgan fingerprint density at radius 2 is 1.83 bits per heavy atom. The van der Waals surface area contributed by atoms with Gasteiger partial charge in [0.1, 0.15) is 0 Å². The molecule has 1 aromatic heterocycles. The molecule has 0 amide bonds. The molecule has 2 aromatic rings. The molecule has 0 N–H and O–H groups in total. The fourth-order valence-electron chi connectivity index (χ4n) is 1.50. The first-order valence-corrected chi connectivity index (χ1v) is 7.79. The molecule has 0 bridgehead atoms. The maximum absolute atomic E-state index is 11.7. The van der Waals surface area contributed by atoms with Crippen molar-refractivity contribution >= 4 is 25.8 Å². The molecule has 0 aliphatic heterocycles. The van der Waals surface area contributed by atoms with E-state index in [1.54, 1.807) is 43.5 Å². The summed E-state index contributed by atoms with van der Waals surface area (Å²) >= 11 is 3.20. The summed E-state index contributed by atoms with van der Waals surface area (Å²) in [6.45, 7) is 1.63. The molecule has 0 spiro atoms. The van der Waals surface area contributed by atoms with E-state index in [9.17, 15) is 8.42 Å². The van der Waals surface area contributed by atoms with Gasteiger partial charge in [0.15, 0.2) is 14.6 Å². The molecule has 1 aromatic carbocycles. The molecule has 0 saturated carbocycles. The standard InChI is InChI=1S/C12H11BrN2O2S/c1-2-18(16,17)10-5-3-9(4-6-10)11-7-8-14-12(13)15-11/h3-8H,2H2,1H3. The lowest BCUT2D eigenvalue weighted by Crippen LogP contribution is -2.03. The van der Waals surface area contributed by atoms with Crippen LogP contribution in [0.1, 0.15) is 6.92 Å². The van der Waals surface area contributed by atoms with Crippen molar-refractivity contribution < 1.29 is 8.42 Å². The van der Waals surface area contributed by atoms with Gasteiger partial charge in [-0.3, -0.25) is 0 Å². The van der Waals surface area contributed by atoms with Crippen molar-refractivity contribution in [2.24, 2.45) is 0 Å². The highest BCUT2D eigenvalue weighted by molar-refractivity contribution is 9.10. The molecule has 6 heteroatoms. The molecule has 0 unspecified atom stereocenters. The van der Waals surface area contributed by atoms with Gasteiger partial charge in [0.05, 0.1) is 16.3 Å². The minimum absolute atomic E-state index is 0.103. The Balaban J connectivity index is 2.40. The normalized spacial score (nSPS) is 11.4. The first kappa shape index (κ1) is 13.2. The molecule has 18 heavy (non-hydrogen) atoms. The Bertz CT molecular complexity index is 654. The van der Waals surface area contributed by atoms with Crippen LogP contribution >= 0.6 is 15.9 Å². The molecule has 0 atom stereocenters.